The molecule has 5 nitrogen and oxygen atoms in total. The van der Waals surface area contributed by atoms with E-state index in [9.17, 15) is 9.59 Å². The first kappa shape index (κ1) is 9.98. The molecule has 0 unspecified atom stereocenters. The van der Waals surface area contributed by atoms with Crippen LogP contribution in [0.5, 0.6) is 0 Å². The Morgan fingerprint density at radius 3 is 2.85 bits per heavy atom. The molecule has 0 aliphatic rings. The third-order valence-electron chi connectivity index (χ3n) is 1.53. The number of aromatic amines is 1. The maximum atomic E-state index is 11.0. The molecule has 0 aliphatic carbocycles. The average Bonchev–Trinajstić information content (AvgIpc) is 2.09. The molecule has 72 valence electrons. The molecule has 0 saturated heterocycles. The summed E-state index contributed by atoms with van der Waals surface area (Å²) in [6, 6.07) is 0. The fourth-order valence-electron chi connectivity index (χ4n) is 0.892. The van der Waals surface area contributed by atoms with Gasteiger partial charge in [0.25, 0.3) is 5.56 Å². The summed E-state index contributed by atoms with van der Waals surface area (Å²) in [5.41, 5.74) is -0.944. The van der Waals surface area contributed by atoms with Crippen LogP contribution in [0.3, 0.4) is 0 Å². The first-order valence-corrected chi connectivity index (χ1v) is 4.50. The Morgan fingerprint density at radius 1 is 1.46 bits per heavy atom. The van der Waals surface area contributed by atoms with Crippen LogP contribution in [-0.2, 0) is 6.54 Å². The maximum Gasteiger partial charge on any atom is 0.344 e. The van der Waals surface area contributed by atoms with Gasteiger partial charge >= 0.3 is 5.69 Å². The second kappa shape index (κ2) is 4.81. The van der Waals surface area contributed by atoms with Gasteiger partial charge in [0.1, 0.15) is 6.20 Å². The molecule has 1 rings (SSSR count). The minimum Gasteiger partial charge on any atom is -0.271 e. The lowest BCUT2D eigenvalue weighted by Gasteiger charge is -2.00. The van der Waals surface area contributed by atoms with Gasteiger partial charge in [0.2, 0.25) is 0 Å². The molecule has 0 spiro atoms. The van der Waals surface area contributed by atoms with Gasteiger partial charge in [-0.3, -0.25) is 9.78 Å². The number of rotatable bonds is 4. The monoisotopic (exact) mass is 203 g/mol. The zero-order valence-corrected chi connectivity index (χ0v) is 7.75. The van der Waals surface area contributed by atoms with Crippen molar-refractivity contribution in [3.05, 3.63) is 27.0 Å². The van der Waals surface area contributed by atoms with Crippen molar-refractivity contribution in [2.75, 3.05) is 5.88 Å². The number of H-pyrrole nitrogens is 1. The van der Waals surface area contributed by atoms with E-state index in [-0.39, 0.29) is 0 Å². The first-order chi connectivity index (χ1) is 6.24. The SMILES string of the molecule is O=c1cnn(CCCCCl)c(=O)[nH]1. The van der Waals surface area contributed by atoms with E-state index in [0.717, 1.165) is 19.0 Å². The molecule has 0 radical (unpaired) electrons. The van der Waals surface area contributed by atoms with E-state index < -0.39 is 11.2 Å². The number of unbranched alkanes of at least 4 members (excludes halogenated alkanes) is 1. The zero-order chi connectivity index (χ0) is 9.68. The number of hydrogen-bond donors (Lipinski definition) is 1. The number of alkyl halides is 1. The Morgan fingerprint density at radius 2 is 2.23 bits per heavy atom. The Hall–Kier alpha value is -1.10. The van der Waals surface area contributed by atoms with Crippen molar-refractivity contribution in [2.24, 2.45) is 0 Å². The topological polar surface area (TPSA) is 67.8 Å². The molecule has 6 heteroatoms. The van der Waals surface area contributed by atoms with Gasteiger partial charge in [-0.1, -0.05) is 0 Å². The summed E-state index contributed by atoms with van der Waals surface area (Å²) in [5, 5.41) is 3.67. The number of halogens is 1. The summed E-state index contributed by atoms with van der Waals surface area (Å²) in [4.78, 5) is 23.8. The van der Waals surface area contributed by atoms with E-state index in [1.54, 1.807) is 0 Å². The fourth-order valence-corrected chi connectivity index (χ4v) is 1.08. The van der Waals surface area contributed by atoms with Crippen molar-refractivity contribution in [3.8, 4) is 0 Å². The quantitative estimate of drug-likeness (QED) is 0.551. The Kier molecular flexibility index (Phi) is 3.70. The third-order valence-corrected chi connectivity index (χ3v) is 1.80. The highest BCUT2D eigenvalue weighted by molar-refractivity contribution is 6.17. The van der Waals surface area contributed by atoms with E-state index in [1.807, 2.05) is 0 Å². The van der Waals surface area contributed by atoms with Crippen LogP contribution in [-0.4, -0.2) is 20.6 Å². The molecule has 1 N–H and O–H groups in total. The molecule has 1 aromatic heterocycles. The van der Waals surface area contributed by atoms with Crippen LogP contribution < -0.4 is 11.2 Å². The Balaban J connectivity index is 2.67. The molecule has 0 atom stereocenters. The van der Waals surface area contributed by atoms with Crippen LogP contribution in [0, 0.1) is 0 Å². The first-order valence-electron chi connectivity index (χ1n) is 3.96. The highest BCUT2D eigenvalue weighted by Gasteiger charge is 1.96. The van der Waals surface area contributed by atoms with Gasteiger partial charge in [0.15, 0.2) is 0 Å². The number of aryl methyl sites for hydroxylation is 1. The molecule has 1 aromatic rings. The van der Waals surface area contributed by atoms with Crippen LogP contribution in [0.4, 0.5) is 0 Å². The van der Waals surface area contributed by atoms with Crippen LogP contribution in [0.2, 0.25) is 0 Å². The van der Waals surface area contributed by atoms with E-state index in [4.69, 9.17) is 11.6 Å². The predicted octanol–water partition coefficient (Wildman–Crippen LogP) is -0.0494. The van der Waals surface area contributed by atoms with Crippen molar-refractivity contribution in [1.82, 2.24) is 14.8 Å². The third kappa shape index (κ3) is 3.02. The predicted molar refractivity (Wildman–Crippen MR) is 49.1 cm³/mol. The van der Waals surface area contributed by atoms with Gasteiger partial charge in [-0.25, -0.2) is 9.48 Å². The van der Waals surface area contributed by atoms with E-state index in [2.05, 4.69) is 10.1 Å². The lowest BCUT2D eigenvalue weighted by atomic mass is 10.3. The van der Waals surface area contributed by atoms with Crippen LogP contribution in [0.15, 0.2) is 15.8 Å². The van der Waals surface area contributed by atoms with Gasteiger partial charge in [0, 0.05) is 12.4 Å². The van der Waals surface area contributed by atoms with Crippen LogP contribution >= 0.6 is 11.6 Å². The molecule has 0 saturated carbocycles. The van der Waals surface area contributed by atoms with Gasteiger partial charge < -0.3 is 0 Å². The Labute approximate surface area is 79.4 Å². The molecule has 0 amide bonds. The lowest BCUT2D eigenvalue weighted by molar-refractivity contribution is 0.525. The van der Waals surface area contributed by atoms with Crippen LogP contribution in [0.1, 0.15) is 12.8 Å². The normalized spacial score (nSPS) is 10.2. The summed E-state index contributed by atoms with van der Waals surface area (Å²) >= 11 is 5.47. The average molecular weight is 204 g/mol. The number of hydrogen-bond acceptors (Lipinski definition) is 3. The van der Waals surface area contributed by atoms with Crippen molar-refractivity contribution in [1.29, 1.82) is 0 Å². The summed E-state index contributed by atoms with van der Waals surface area (Å²) < 4.78 is 1.22. The van der Waals surface area contributed by atoms with Crippen molar-refractivity contribution < 1.29 is 0 Å². The highest BCUT2D eigenvalue weighted by atomic mass is 35.5. The largest absolute Gasteiger partial charge is 0.344 e. The minimum atomic E-state index is -0.474. The van der Waals surface area contributed by atoms with E-state index >= 15 is 0 Å². The molecular weight excluding hydrogens is 194 g/mol. The molecule has 0 aliphatic heterocycles. The summed E-state index contributed by atoms with van der Waals surface area (Å²) in [6.45, 7) is 0.488. The molecule has 1 heterocycles. The van der Waals surface area contributed by atoms with Gasteiger partial charge in [-0.2, -0.15) is 5.10 Å². The number of nitrogens with zero attached hydrogens (tertiary/aromatic N) is 2. The molecule has 0 aromatic carbocycles. The lowest BCUT2D eigenvalue weighted by Crippen LogP contribution is -2.31. The van der Waals surface area contributed by atoms with Crippen LogP contribution in [0.25, 0.3) is 0 Å². The standard InChI is InChI=1S/C7H10ClN3O2/c8-3-1-2-4-11-7(13)10-6(12)5-9-11/h5H,1-4H2,(H,10,12,13). The molecule has 0 bridgehead atoms. The molecule has 13 heavy (non-hydrogen) atoms. The van der Waals surface area contributed by atoms with Crippen molar-refractivity contribution >= 4 is 11.6 Å². The number of nitrogens with one attached hydrogen (secondary N) is 1. The molecule has 0 fully saturated rings. The second-order valence-electron chi connectivity index (χ2n) is 2.56. The summed E-state index contributed by atoms with van der Waals surface area (Å²) in [6.07, 6.45) is 2.69. The smallest absolute Gasteiger partial charge is 0.271 e. The highest BCUT2D eigenvalue weighted by Crippen LogP contribution is 1.92. The van der Waals surface area contributed by atoms with E-state index in [0.29, 0.717) is 12.4 Å². The minimum absolute atomic E-state index is 0.470. The Bertz CT molecular complexity index is 370. The maximum absolute atomic E-state index is 11.0. The number of aromatic nitrogens is 3. The summed E-state index contributed by atoms with van der Waals surface area (Å²) in [7, 11) is 0. The van der Waals surface area contributed by atoms with Gasteiger partial charge in [0.05, 0.1) is 0 Å². The van der Waals surface area contributed by atoms with Crippen molar-refractivity contribution in [3.63, 3.8) is 0 Å². The molecular formula is C7H10ClN3O2. The van der Waals surface area contributed by atoms with E-state index in [1.165, 1.54) is 4.68 Å². The fraction of sp³-hybridized carbons (Fsp3) is 0.571. The zero-order valence-electron chi connectivity index (χ0n) is 6.99. The van der Waals surface area contributed by atoms with Gasteiger partial charge in [-0.05, 0) is 12.8 Å². The second-order valence-corrected chi connectivity index (χ2v) is 2.94. The van der Waals surface area contributed by atoms with Crippen molar-refractivity contribution in [2.45, 2.75) is 19.4 Å². The summed E-state index contributed by atoms with van der Waals surface area (Å²) in [5.74, 6) is 0.568. The van der Waals surface area contributed by atoms with Gasteiger partial charge in [-0.15, -0.1) is 11.6 Å².